The summed E-state index contributed by atoms with van der Waals surface area (Å²) in [5.41, 5.74) is -2.69. The molecular formula is C30H40O9. The van der Waals surface area contributed by atoms with Crippen molar-refractivity contribution in [2.24, 2.45) is 33.5 Å². The highest BCUT2D eigenvalue weighted by Crippen LogP contribution is 2.80. The standard InChI is InChI=1S/C30H40O9/c1-15(31)36-21-13-20(33)28(6)18-8-10-27(5)23(17-9-11-35-14-17)38-25(34)24-30(27,39-24)29(18,7)22(37-16(2)32)12-19(28)26(21,3)4/h9,11,14,18-24,33H,8,10,12-13H2,1-7H3/t18-,19+,20+,21-,22-,23-,24-,27+,28-,29+,30-/m1/s1. The molecule has 9 heteroatoms. The van der Waals surface area contributed by atoms with E-state index in [1.54, 1.807) is 12.5 Å². The topological polar surface area (TPSA) is 125 Å². The molecule has 39 heavy (non-hydrogen) atoms. The Balaban J connectivity index is 1.51. The van der Waals surface area contributed by atoms with Gasteiger partial charge in [-0.1, -0.05) is 34.6 Å². The van der Waals surface area contributed by atoms with Crippen LogP contribution in [0.4, 0.5) is 0 Å². The average Bonchev–Trinajstić information content (AvgIpc) is 3.41. The van der Waals surface area contributed by atoms with Crippen LogP contribution in [-0.2, 0) is 33.3 Å². The number of esters is 3. The molecule has 5 aliphatic rings. The number of carbonyl (C=O) groups is 3. The van der Waals surface area contributed by atoms with Crippen LogP contribution in [0.2, 0.25) is 0 Å². The van der Waals surface area contributed by atoms with Gasteiger partial charge in [-0.05, 0) is 37.2 Å². The van der Waals surface area contributed by atoms with E-state index in [1.165, 1.54) is 13.8 Å². The Bertz CT molecular complexity index is 1210. The Hall–Kier alpha value is -2.39. The number of ether oxygens (including phenoxy) is 4. The van der Waals surface area contributed by atoms with Crippen LogP contribution < -0.4 is 0 Å². The highest BCUT2D eigenvalue weighted by molar-refractivity contribution is 5.82. The Morgan fingerprint density at radius 3 is 2.26 bits per heavy atom. The normalized spacial score (nSPS) is 49.3. The SMILES string of the molecule is CC(=O)O[C@@H]1C[C@H](O)[C@]2(C)[C@H]3CC[C@@]4(C)[C@@H](c5ccoc5)OC(=O)[C@H]5O[C@]54[C@]3(C)[C@H](OC(C)=O)C[C@H]2C1(C)C. The Morgan fingerprint density at radius 2 is 1.64 bits per heavy atom. The van der Waals surface area contributed by atoms with Crippen molar-refractivity contribution in [3.05, 3.63) is 24.2 Å². The quantitative estimate of drug-likeness (QED) is 0.340. The van der Waals surface area contributed by atoms with Gasteiger partial charge in [0.1, 0.15) is 23.9 Å². The van der Waals surface area contributed by atoms with Gasteiger partial charge >= 0.3 is 17.9 Å². The summed E-state index contributed by atoms with van der Waals surface area (Å²) in [4.78, 5) is 38.0. The van der Waals surface area contributed by atoms with Crippen LogP contribution in [0.3, 0.4) is 0 Å². The molecule has 9 nitrogen and oxygen atoms in total. The number of furan rings is 1. The van der Waals surface area contributed by atoms with Crippen molar-refractivity contribution in [1.29, 1.82) is 0 Å². The summed E-state index contributed by atoms with van der Waals surface area (Å²) in [6.07, 6.45) is 2.17. The second-order valence-corrected chi connectivity index (χ2v) is 13.8. The second kappa shape index (κ2) is 8.09. The van der Waals surface area contributed by atoms with Crippen molar-refractivity contribution < 1.29 is 42.9 Å². The van der Waals surface area contributed by atoms with E-state index in [-0.39, 0.29) is 17.8 Å². The van der Waals surface area contributed by atoms with Gasteiger partial charge in [0.05, 0.1) is 18.6 Å². The molecule has 5 fully saturated rings. The predicted octanol–water partition coefficient (Wildman–Crippen LogP) is 4.12. The average molecular weight is 545 g/mol. The summed E-state index contributed by atoms with van der Waals surface area (Å²) in [6, 6.07) is 1.82. The number of carbonyl (C=O) groups excluding carboxylic acids is 3. The molecule has 3 aliphatic carbocycles. The van der Waals surface area contributed by atoms with Gasteiger partial charge in [0.2, 0.25) is 0 Å². The van der Waals surface area contributed by atoms with Crippen LogP contribution in [0.1, 0.15) is 85.8 Å². The Labute approximate surface area is 228 Å². The number of aliphatic hydroxyl groups excluding tert-OH is 1. The van der Waals surface area contributed by atoms with Crippen LogP contribution in [0.15, 0.2) is 23.0 Å². The summed E-state index contributed by atoms with van der Waals surface area (Å²) in [5, 5.41) is 11.9. The lowest BCUT2D eigenvalue weighted by Crippen LogP contribution is -2.75. The lowest BCUT2D eigenvalue weighted by Gasteiger charge is -2.71. The Kier molecular flexibility index (Phi) is 5.56. The Morgan fingerprint density at radius 1 is 0.974 bits per heavy atom. The first kappa shape index (κ1) is 26.8. The van der Waals surface area contributed by atoms with Gasteiger partial charge in [-0.2, -0.15) is 0 Å². The molecule has 1 aromatic heterocycles. The molecule has 0 amide bonds. The van der Waals surface area contributed by atoms with E-state index in [1.807, 2.05) is 6.07 Å². The molecule has 1 spiro atoms. The summed E-state index contributed by atoms with van der Waals surface area (Å²) < 4.78 is 29.8. The van der Waals surface area contributed by atoms with Crippen LogP contribution in [0, 0.1) is 33.5 Å². The molecule has 11 atom stereocenters. The summed E-state index contributed by atoms with van der Waals surface area (Å²) >= 11 is 0. The maximum atomic E-state index is 13.4. The zero-order valence-electron chi connectivity index (χ0n) is 23.8. The third kappa shape index (κ3) is 3.12. The molecular weight excluding hydrogens is 504 g/mol. The number of hydrogen-bond acceptors (Lipinski definition) is 9. The van der Waals surface area contributed by atoms with Crippen molar-refractivity contribution in [2.45, 2.75) is 110 Å². The van der Waals surface area contributed by atoms with Gasteiger partial charge in [-0.3, -0.25) is 9.59 Å². The van der Waals surface area contributed by atoms with E-state index < -0.39 is 69.7 Å². The summed E-state index contributed by atoms with van der Waals surface area (Å²) in [7, 11) is 0. The minimum absolute atomic E-state index is 0.126. The summed E-state index contributed by atoms with van der Waals surface area (Å²) in [5.74, 6) is -1.48. The van der Waals surface area contributed by atoms with Crippen molar-refractivity contribution in [3.63, 3.8) is 0 Å². The van der Waals surface area contributed by atoms with Gasteiger partial charge in [0.15, 0.2) is 6.10 Å². The maximum absolute atomic E-state index is 13.4. The molecule has 0 bridgehead atoms. The molecule has 0 aromatic carbocycles. The lowest BCUT2D eigenvalue weighted by atomic mass is 9.34. The molecule has 6 rings (SSSR count). The van der Waals surface area contributed by atoms with E-state index in [0.29, 0.717) is 25.7 Å². The molecule has 1 N–H and O–H groups in total. The molecule has 3 saturated carbocycles. The van der Waals surface area contributed by atoms with E-state index in [0.717, 1.165) is 5.56 Å². The van der Waals surface area contributed by atoms with Gasteiger partial charge in [0, 0.05) is 47.5 Å². The van der Waals surface area contributed by atoms with E-state index in [4.69, 9.17) is 23.4 Å². The first-order valence-corrected chi connectivity index (χ1v) is 14.1. The first-order valence-electron chi connectivity index (χ1n) is 14.1. The minimum Gasteiger partial charge on any atom is -0.472 e. The third-order valence-electron chi connectivity index (χ3n) is 11.9. The molecule has 214 valence electrons. The molecule has 0 unspecified atom stereocenters. The van der Waals surface area contributed by atoms with E-state index in [9.17, 15) is 19.5 Å². The smallest absolute Gasteiger partial charge is 0.339 e. The molecule has 2 aliphatic heterocycles. The highest BCUT2D eigenvalue weighted by Gasteiger charge is 2.89. The maximum Gasteiger partial charge on any atom is 0.339 e. The fourth-order valence-electron chi connectivity index (χ4n) is 10.2. The molecule has 2 saturated heterocycles. The van der Waals surface area contributed by atoms with Gasteiger partial charge in [-0.15, -0.1) is 0 Å². The van der Waals surface area contributed by atoms with Gasteiger partial charge < -0.3 is 28.5 Å². The van der Waals surface area contributed by atoms with E-state index >= 15 is 0 Å². The van der Waals surface area contributed by atoms with Gasteiger partial charge in [-0.25, -0.2) is 4.79 Å². The fraction of sp³-hybridized carbons (Fsp3) is 0.767. The highest BCUT2D eigenvalue weighted by atomic mass is 16.7. The van der Waals surface area contributed by atoms with Crippen molar-refractivity contribution >= 4 is 17.9 Å². The van der Waals surface area contributed by atoms with Crippen molar-refractivity contribution in [3.8, 4) is 0 Å². The van der Waals surface area contributed by atoms with Crippen LogP contribution in [0.5, 0.6) is 0 Å². The van der Waals surface area contributed by atoms with E-state index in [2.05, 4.69) is 34.6 Å². The monoisotopic (exact) mass is 544 g/mol. The van der Waals surface area contributed by atoms with Crippen LogP contribution in [0.25, 0.3) is 0 Å². The minimum atomic E-state index is -0.953. The van der Waals surface area contributed by atoms with Crippen molar-refractivity contribution in [1.82, 2.24) is 0 Å². The second-order valence-electron chi connectivity index (χ2n) is 13.8. The largest absolute Gasteiger partial charge is 0.472 e. The molecule has 3 heterocycles. The lowest BCUT2D eigenvalue weighted by molar-refractivity contribution is -0.296. The molecule has 0 radical (unpaired) electrons. The fourth-order valence-corrected chi connectivity index (χ4v) is 10.2. The molecule has 1 aromatic rings. The van der Waals surface area contributed by atoms with Crippen LogP contribution in [-0.4, -0.2) is 53.0 Å². The number of aliphatic hydroxyl groups is 1. The van der Waals surface area contributed by atoms with Crippen molar-refractivity contribution in [2.75, 3.05) is 0 Å². The number of cyclic esters (lactones) is 1. The first-order chi connectivity index (χ1) is 18.2. The van der Waals surface area contributed by atoms with Crippen LogP contribution >= 0.6 is 0 Å². The summed E-state index contributed by atoms with van der Waals surface area (Å²) in [6.45, 7) is 13.3. The number of epoxide rings is 1. The van der Waals surface area contributed by atoms with Gasteiger partial charge in [0.25, 0.3) is 0 Å². The zero-order valence-corrected chi connectivity index (χ0v) is 23.8. The predicted molar refractivity (Wildman–Crippen MR) is 136 cm³/mol. The number of hydrogen-bond donors (Lipinski definition) is 1. The third-order valence-corrected chi connectivity index (χ3v) is 11.9. The zero-order chi connectivity index (χ0) is 28.3. The number of rotatable bonds is 3. The number of fused-ring (bicyclic) bond motifs is 3.